The van der Waals surface area contributed by atoms with Crippen molar-refractivity contribution in [2.75, 3.05) is 0 Å². The highest BCUT2D eigenvalue weighted by Crippen LogP contribution is 2.32. The maximum Gasteiger partial charge on any atom is 0.0507 e. The Balaban J connectivity index is 2.31. The van der Waals surface area contributed by atoms with E-state index in [1.807, 2.05) is 24.7 Å². The predicted octanol–water partition coefficient (Wildman–Crippen LogP) is 4.42. The fourth-order valence-corrected chi connectivity index (χ4v) is 2.46. The van der Waals surface area contributed by atoms with Crippen LogP contribution in [-0.4, -0.2) is 9.97 Å². The fraction of sp³-hybridized carbons (Fsp3) is 0.176. The lowest BCUT2D eigenvalue weighted by molar-refractivity contribution is 0.826. The van der Waals surface area contributed by atoms with Crippen LogP contribution in [0.15, 0.2) is 55.0 Å². The molecule has 0 atom stereocenters. The van der Waals surface area contributed by atoms with Gasteiger partial charge in [0.2, 0.25) is 0 Å². The topological polar surface area (TPSA) is 25.8 Å². The molecule has 2 heterocycles. The van der Waals surface area contributed by atoms with Crippen LogP contribution in [-0.2, 0) is 0 Å². The van der Waals surface area contributed by atoms with E-state index >= 15 is 0 Å². The van der Waals surface area contributed by atoms with E-state index in [1.54, 1.807) is 0 Å². The Morgan fingerprint density at radius 3 is 2.58 bits per heavy atom. The van der Waals surface area contributed by atoms with Crippen LogP contribution in [0.5, 0.6) is 0 Å². The maximum absolute atomic E-state index is 4.55. The second-order valence-electron chi connectivity index (χ2n) is 4.99. The van der Waals surface area contributed by atoms with Crippen LogP contribution >= 0.6 is 0 Å². The van der Waals surface area contributed by atoms with Crippen molar-refractivity contribution >= 4 is 10.8 Å². The van der Waals surface area contributed by atoms with E-state index in [-0.39, 0.29) is 0 Å². The first-order valence-corrected chi connectivity index (χ1v) is 6.55. The number of fused-ring (bicyclic) bond motifs is 1. The summed E-state index contributed by atoms with van der Waals surface area (Å²) in [6.45, 7) is 4.36. The third-order valence-corrected chi connectivity index (χ3v) is 3.36. The van der Waals surface area contributed by atoms with Crippen molar-refractivity contribution in [2.45, 2.75) is 19.8 Å². The predicted molar refractivity (Wildman–Crippen MR) is 79.1 cm³/mol. The molecule has 0 spiro atoms. The Labute approximate surface area is 113 Å². The molecule has 0 saturated heterocycles. The summed E-state index contributed by atoms with van der Waals surface area (Å²) in [7, 11) is 0. The van der Waals surface area contributed by atoms with E-state index in [4.69, 9.17) is 0 Å². The molecule has 0 fully saturated rings. The second kappa shape index (κ2) is 4.81. The number of benzene rings is 1. The first-order valence-electron chi connectivity index (χ1n) is 6.55. The largest absolute Gasteiger partial charge is 0.264 e. The van der Waals surface area contributed by atoms with Gasteiger partial charge in [-0.25, -0.2) is 0 Å². The average Bonchev–Trinajstić information content (AvgIpc) is 2.46. The summed E-state index contributed by atoms with van der Waals surface area (Å²) in [5.74, 6) is 0.410. The zero-order chi connectivity index (χ0) is 13.2. The minimum atomic E-state index is 0.410. The fourth-order valence-electron chi connectivity index (χ4n) is 2.46. The molecular weight excluding hydrogens is 232 g/mol. The van der Waals surface area contributed by atoms with Crippen molar-refractivity contribution in [3.05, 3.63) is 60.7 Å². The number of hydrogen-bond donors (Lipinski definition) is 0. The van der Waals surface area contributed by atoms with Gasteiger partial charge in [-0.2, -0.15) is 0 Å². The molecule has 94 valence electrons. The van der Waals surface area contributed by atoms with Crippen molar-refractivity contribution in [1.29, 1.82) is 0 Å². The van der Waals surface area contributed by atoms with Crippen molar-refractivity contribution in [3.8, 4) is 11.1 Å². The lowest BCUT2D eigenvalue weighted by Crippen LogP contribution is -1.96. The van der Waals surface area contributed by atoms with Crippen LogP contribution in [0.3, 0.4) is 0 Å². The van der Waals surface area contributed by atoms with Gasteiger partial charge in [-0.3, -0.25) is 9.97 Å². The molecule has 3 aromatic rings. The Kier molecular flexibility index (Phi) is 3.00. The lowest BCUT2D eigenvalue weighted by Gasteiger charge is -2.13. The Morgan fingerprint density at radius 1 is 0.895 bits per heavy atom. The summed E-state index contributed by atoms with van der Waals surface area (Å²) in [6, 6.07) is 12.6. The van der Waals surface area contributed by atoms with Gasteiger partial charge in [0, 0.05) is 29.5 Å². The van der Waals surface area contributed by atoms with Gasteiger partial charge in [0.15, 0.2) is 0 Å². The van der Waals surface area contributed by atoms with Gasteiger partial charge in [0.1, 0.15) is 0 Å². The van der Waals surface area contributed by atoms with Gasteiger partial charge < -0.3 is 0 Å². The minimum Gasteiger partial charge on any atom is -0.264 e. The van der Waals surface area contributed by atoms with Crippen LogP contribution in [0.25, 0.3) is 21.9 Å². The molecule has 2 nitrogen and oxygen atoms in total. The van der Waals surface area contributed by atoms with Crippen LogP contribution in [0.1, 0.15) is 25.5 Å². The highest BCUT2D eigenvalue weighted by atomic mass is 14.7. The maximum atomic E-state index is 4.55. The molecule has 3 rings (SSSR count). The van der Waals surface area contributed by atoms with E-state index < -0.39 is 0 Å². The molecule has 2 heteroatoms. The first-order chi connectivity index (χ1) is 9.27. The number of hydrogen-bond acceptors (Lipinski definition) is 2. The number of pyridine rings is 2. The third kappa shape index (κ3) is 2.10. The van der Waals surface area contributed by atoms with E-state index in [0.29, 0.717) is 5.92 Å². The van der Waals surface area contributed by atoms with E-state index in [9.17, 15) is 0 Å². The molecule has 1 aromatic carbocycles. The first kappa shape index (κ1) is 11.8. The zero-order valence-corrected chi connectivity index (χ0v) is 11.2. The van der Waals surface area contributed by atoms with Gasteiger partial charge in [-0.05, 0) is 29.0 Å². The molecule has 0 amide bonds. The quantitative estimate of drug-likeness (QED) is 0.671. The summed E-state index contributed by atoms with van der Waals surface area (Å²) in [5.41, 5.74) is 3.60. The van der Waals surface area contributed by atoms with Crippen molar-refractivity contribution in [3.63, 3.8) is 0 Å². The number of aromatic nitrogens is 2. The van der Waals surface area contributed by atoms with Crippen LogP contribution in [0.2, 0.25) is 0 Å². The summed E-state index contributed by atoms with van der Waals surface area (Å²) in [5, 5.41) is 2.39. The summed E-state index contributed by atoms with van der Waals surface area (Å²) in [4.78, 5) is 8.74. The van der Waals surface area contributed by atoms with Gasteiger partial charge in [0.25, 0.3) is 0 Å². The molecule has 0 aliphatic rings. The molecule has 0 radical (unpaired) electrons. The zero-order valence-electron chi connectivity index (χ0n) is 11.2. The number of nitrogens with zero attached hydrogens (tertiary/aromatic N) is 2. The molecule has 0 N–H and O–H groups in total. The summed E-state index contributed by atoms with van der Waals surface area (Å²) >= 11 is 0. The third-order valence-electron chi connectivity index (χ3n) is 3.36. The highest BCUT2D eigenvalue weighted by Gasteiger charge is 2.11. The molecule has 2 aromatic heterocycles. The summed E-state index contributed by atoms with van der Waals surface area (Å²) in [6.07, 6.45) is 5.62. The van der Waals surface area contributed by atoms with Crippen LogP contribution < -0.4 is 0 Å². The molecule has 0 aliphatic heterocycles. The monoisotopic (exact) mass is 248 g/mol. The minimum absolute atomic E-state index is 0.410. The Morgan fingerprint density at radius 2 is 1.74 bits per heavy atom. The normalized spacial score (nSPS) is 11.1. The smallest absolute Gasteiger partial charge is 0.0507 e. The van der Waals surface area contributed by atoms with Gasteiger partial charge in [-0.1, -0.05) is 38.1 Å². The van der Waals surface area contributed by atoms with Crippen molar-refractivity contribution in [1.82, 2.24) is 9.97 Å². The summed E-state index contributed by atoms with van der Waals surface area (Å²) < 4.78 is 0. The lowest BCUT2D eigenvalue weighted by atomic mass is 9.94. The van der Waals surface area contributed by atoms with E-state index in [2.05, 4.69) is 54.1 Å². The average molecular weight is 248 g/mol. The molecule has 0 unspecified atom stereocenters. The van der Waals surface area contributed by atoms with E-state index in [1.165, 1.54) is 21.9 Å². The highest BCUT2D eigenvalue weighted by molar-refractivity contribution is 5.96. The van der Waals surface area contributed by atoms with Crippen LogP contribution in [0.4, 0.5) is 0 Å². The Bertz CT molecular complexity index is 712. The van der Waals surface area contributed by atoms with E-state index in [0.717, 1.165) is 5.69 Å². The second-order valence-corrected chi connectivity index (χ2v) is 4.99. The molecule has 0 aliphatic carbocycles. The SMILES string of the molecule is CC(C)c1ncccc1-c1cccc2cnccc12. The van der Waals surface area contributed by atoms with Gasteiger partial charge in [-0.15, -0.1) is 0 Å². The van der Waals surface area contributed by atoms with Crippen LogP contribution in [0, 0.1) is 0 Å². The van der Waals surface area contributed by atoms with Gasteiger partial charge >= 0.3 is 0 Å². The van der Waals surface area contributed by atoms with Crippen molar-refractivity contribution in [2.24, 2.45) is 0 Å². The molecule has 0 saturated carbocycles. The standard InChI is InChI=1S/C17H16N2/c1-12(2)17-16(7-4-9-19-17)15-6-3-5-13-11-18-10-8-14(13)15/h3-12H,1-2H3. The van der Waals surface area contributed by atoms with Gasteiger partial charge in [0.05, 0.1) is 5.69 Å². The molecule has 0 bridgehead atoms. The molecule has 19 heavy (non-hydrogen) atoms. The number of rotatable bonds is 2. The van der Waals surface area contributed by atoms with Crippen molar-refractivity contribution < 1.29 is 0 Å². The Hall–Kier alpha value is -2.22. The molecular formula is C17H16N2.